The summed E-state index contributed by atoms with van der Waals surface area (Å²) in [4.78, 5) is 0.446. The first kappa shape index (κ1) is 12.8. The van der Waals surface area contributed by atoms with Crippen LogP contribution in [0, 0.1) is 0 Å². The lowest BCUT2D eigenvalue weighted by atomic mass is 9.99. The number of hydrogen-bond acceptors (Lipinski definition) is 2. The van der Waals surface area contributed by atoms with Gasteiger partial charge in [0.2, 0.25) is 0 Å². The van der Waals surface area contributed by atoms with Crippen LogP contribution >= 0.6 is 28.1 Å². The molecule has 17 heavy (non-hydrogen) atoms. The van der Waals surface area contributed by atoms with Crippen molar-refractivity contribution in [1.29, 1.82) is 0 Å². The molecule has 0 atom stereocenters. The van der Waals surface area contributed by atoms with Crippen molar-refractivity contribution in [3.63, 3.8) is 0 Å². The molecule has 2 rings (SSSR count). The number of benzene rings is 1. The van der Waals surface area contributed by atoms with Crippen molar-refractivity contribution in [3.8, 4) is 0 Å². The Morgan fingerprint density at radius 3 is 2.65 bits per heavy atom. The molecular weight excluding hydrogens is 296 g/mol. The van der Waals surface area contributed by atoms with Gasteiger partial charge < -0.3 is 11.1 Å². The van der Waals surface area contributed by atoms with Gasteiger partial charge in [0.25, 0.3) is 0 Å². The summed E-state index contributed by atoms with van der Waals surface area (Å²) in [5.41, 5.74) is 7.90. The largest absolute Gasteiger partial charge is 0.389 e. The Labute approximate surface area is 116 Å². The molecule has 1 aromatic carbocycles. The minimum atomic E-state index is 0.181. The number of halogens is 1. The van der Waals surface area contributed by atoms with Gasteiger partial charge in [-0.1, -0.05) is 41.0 Å². The third-order valence-corrected chi connectivity index (χ3v) is 4.10. The van der Waals surface area contributed by atoms with Gasteiger partial charge in [-0.05, 0) is 38.0 Å². The highest BCUT2D eigenvalue weighted by molar-refractivity contribution is 9.10. The predicted octanol–water partition coefficient (Wildman–Crippen LogP) is 3.83. The molecule has 1 aliphatic carbocycles. The molecule has 3 N–H and O–H groups in total. The van der Waals surface area contributed by atoms with Gasteiger partial charge in [-0.3, -0.25) is 0 Å². The third-order valence-electron chi connectivity index (χ3n) is 3.39. The number of rotatable bonds is 3. The molecule has 92 valence electrons. The van der Waals surface area contributed by atoms with Gasteiger partial charge >= 0.3 is 0 Å². The van der Waals surface area contributed by atoms with E-state index in [4.69, 9.17) is 18.0 Å². The first-order chi connectivity index (χ1) is 8.00. The Morgan fingerprint density at radius 2 is 2.06 bits per heavy atom. The van der Waals surface area contributed by atoms with Crippen LogP contribution in [0.3, 0.4) is 0 Å². The van der Waals surface area contributed by atoms with E-state index in [0.717, 1.165) is 15.7 Å². The third kappa shape index (κ3) is 2.99. The zero-order valence-electron chi connectivity index (χ0n) is 9.92. The molecule has 0 unspecified atom stereocenters. The molecular formula is C13H17BrN2S. The van der Waals surface area contributed by atoms with Crippen molar-refractivity contribution >= 4 is 38.8 Å². The van der Waals surface area contributed by atoms with Crippen molar-refractivity contribution in [2.24, 2.45) is 5.73 Å². The Morgan fingerprint density at radius 1 is 1.41 bits per heavy atom. The van der Waals surface area contributed by atoms with Crippen LogP contribution in [0.25, 0.3) is 0 Å². The summed E-state index contributed by atoms with van der Waals surface area (Å²) < 4.78 is 1.04. The zero-order valence-corrected chi connectivity index (χ0v) is 12.3. The summed E-state index contributed by atoms with van der Waals surface area (Å²) in [5, 5.41) is 3.61. The summed E-state index contributed by atoms with van der Waals surface area (Å²) in [6.07, 6.45) is 4.99. The van der Waals surface area contributed by atoms with E-state index in [1.165, 1.54) is 25.7 Å². The van der Waals surface area contributed by atoms with Gasteiger partial charge in [-0.2, -0.15) is 0 Å². The standard InChI is InChI=1S/C13H17BrN2S/c1-13(6-2-3-7-13)16-11-8-9(14)4-5-10(11)12(15)17/h4-5,8,16H,2-3,6-7H2,1H3,(H2,15,17). The molecule has 0 radical (unpaired) electrons. The maximum atomic E-state index is 5.76. The molecule has 0 amide bonds. The molecule has 1 aromatic rings. The van der Waals surface area contributed by atoms with Crippen molar-refractivity contribution in [2.75, 3.05) is 5.32 Å². The summed E-state index contributed by atoms with van der Waals surface area (Å²) >= 11 is 8.58. The lowest BCUT2D eigenvalue weighted by Gasteiger charge is -2.28. The fourth-order valence-electron chi connectivity index (χ4n) is 2.44. The molecule has 0 heterocycles. The van der Waals surface area contributed by atoms with Gasteiger partial charge in [0, 0.05) is 21.3 Å². The Bertz CT molecular complexity index is 439. The number of hydrogen-bond donors (Lipinski definition) is 2. The minimum Gasteiger partial charge on any atom is -0.389 e. The van der Waals surface area contributed by atoms with Crippen LogP contribution in [-0.2, 0) is 0 Å². The second kappa shape index (κ2) is 4.94. The highest BCUT2D eigenvalue weighted by atomic mass is 79.9. The highest BCUT2D eigenvalue weighted by Crippen LogP contribution is 2.34. The number of thiocarbonyl (C=S) groups is 1. The van der Waals surface area contributed by atoms with E-state index < -0.39 is 0 Å². The van der Waals surface area contributed by atoms with Gasteiger partial charge in [-0.15, -0.1) is 0 Å². The molecule has 0 saturated heterocycles. The second-order valence-electron chi connectivity index (χ2n) is 4.95. The van der Waals surface area contributed by atoms with E-state index in [1.54, 1.807) is 0 Å². The van der Waals surface area contributed by atoms with Gasteiger partial charge in [0.05, 0.1) is 0 Å². The molecule has 2 nitrogen and oxygen atoms in total. The molecule has 0 spiro atoms. The van der Waals surface area contributed by atoms with Crippen LogP contribution in [0.4, 0.5) is 5.69 Å². The second-order valence-corrected chi connectivity index (χ2v) is 6.30. The van der Waals surface area contributed by atoms with Crippen LogP contribution < -0.4 is 11.1 Å². The number of anilines is 1. The van der Waals surface area contributed by atoms with E-state index in [1.807, 2.05) is 12.1 Å². The maximum Gasteiger partial charge on any atom is 0.106 e. The average molecular weight is 313 g/mol. The average Bonchev–Trinajstić information content (AvgIpc) is 2.64. The maximum absolute atomic E-state index is 5.76. The normalized spacial score (nSPS) is 18.0. The predicted molar refractivity (Wildman–Crippen MR) is 80.5 cm³/mol. The molecule has 0 aromatic heterocycles. The Kier molecular flexibility index (Phi) is 3.73. The Hall–Kier alpha value is -0.610. The summed E-state index contributed by atoms with van der Waals surface area (Å²) in [6, 6.07) is 5.99. The van der Waals surface area contributed by atoms with E-state index in [9.17, 15) is 0 Å². The van der Waals surface area contributed by atoms with E-state index in [-0.39, 0.29) is 5.54 Å². The SMILES string of the molecule is CC1(Nc2cc(Br)ccc2C(N)=S)CCCC1. The molecule has 0 bridgehead atoms. The summed E-state index contributed by atoms with van der Waals surface area (Å²) in [7, 11) is 0. The molecule has 1 saturated carbocycles. The van der Waals surface area contributed by atoms with Crippen LogP contribution in [0.1, 0.15) is 38.2 Å². The quantitative estimate of drug-likeness (QED) is 0.833. The van der Waals surface area contributed by atoms with Crippen molar-refractivity contribution in [3.05, 3.63) is 28.2 Å². The van der Waals surface area contributed by atoms with Crippen LogP contribution in [-0.4, -0.2) is 10.5 Å². The molecule has 1 aliphatic rings. The first-order valence-corrected chi connectivity index (χ1v) is 7.08. The van der Waals surface area contributed by atoms with Gasteiger partial charge in [0.15, 0.2) is 0 Å². The van der Waals surface area contributed by atoms with Crippen molar-refractivity contribution in [2.45, 2.75) is 38.1 Å². The van der Waals surface area contributed by atoms with Crippen LogP contribution in [0.15, 0.2) is 22.7 Å². The fraction of sp³-hybridized carbons (Fsp3) is 0.462. The topological polar surface area (TPSA) is 38.0 Å². The van der Waals surface area contributed by atoms with Crippen molar-refractivity contribution in [1.82, 2.24) is 0 Å². The van der Waals surface area contributed by atoms with Crippen LogP contribution in [0.2, 0.25) is 0 Å². The lowest BCUT2D eigenvalue weighted by Crippen LogP contribution is -2.32. The van der Waals surface area contributed by atoms with E-state index in [0.29, 0.717) is 4.99 Å². The number of nitrogens with one attached hydrogen (secondary N) is 1. The lowest BCUT2D eigenvalue weighted by molar-refractivity contribution is 0.533. The van der Waals surface area contributed by atoms with Crippen LogP contribution in [0.5, 0.6) is 0 Å². The molecule has 0 aliphatic heterocycles. The van der Waals surface area contributed by atoms with E-state index >= 15 is 0 Å². The summed E-state index contributed by atoms with van der Waals surface area (Å²) in [6.45, 7) is 2.27. The van der Waals surface area contributed by atoms with Gasteiger partial charge in [0.1, 0.15) is 4.99 Å². The minimum absolute atomic E-state index is 0.181. The van der Waals surface area contributed by atoms with Gasteiger partial charge in [-0.25, -0.2) is 0 Å². The number of nitrogens with two attached hydrogens (primary N) is 1. The first-order valence-electron chi connectivity index (χ1n) is 5.88. The fourth-order valence-corrected chi connectivity index (χ4v) is 2.98. The van der Waals surface area contributed by atoms with Crippen molar-refractivity contribution < 1.29 is 0 Å². The Balaban J connectivity index is 2.30. The van der Waals surface area contributed by atoms with E-state index in [2.05, 4.69) is 34.2 Å². The smallest absolute Gasteiger partial charge is 0.106 e. The monoisotopic (exact) mass is 312 g/mol. The highest BCUT2D eigenvalue weighted by Gasteiger charge is 2.29. The molecule has 4 heteroatoms. The summed E-state index contributed by atoms with van der Waals surface area (Å²) in [5.74, 6) is 0. The zero-order chi connectivity index (χ0) is 12.5. The molecule has 1 fully saturated rings.